The number of benzene rings is 7. The van der Waals surface area contributed by atoms with Gasteiger partial charge in [-0.3, -0.25) is 0 Å². The molecule has 2 heteroatoms. The minimum Gasteiger partial charge on any atom is -0.247 e. The van der Waals surface area contributed by atoms with Crippen molar-refractivity contribution in [2.75, 3.05) is 0 Å². The van der Waals surface area contributed by atoms with Crippen LogP contribution in [0.5, 0.6) is 0 Å². The summed E-state index contributed by atoms with van der Waals surface area (Å²) < 4.78 is 0. The molecule has 42 heavy (non-hydrogen) atoms. The average molecular weight is 533 g/mol. The van der Waals surface area contributed by atoms with Crippen LogP contribution >= 0.6 is 0 Å². The van der Waals surface area contributed by atoms with E-state index in [4.69, 9.17) is 9.97 Å². The highest BCUT2D eigenvalue weighted by Gasteiger charge is 2.16. The van der Waals surface area contributed by atoms with Gasteiger partial charge in [-0.25, -0.2) is 9.97 Å². The molecule has 0 unspecified atom stereocenters. The van der Waals surface area contributed by atoms with Crippen molar-refractivity contribution >= 4 is 65.2 Å². The summed E-state index contributed by atoms with van der Waals surface area (Å²) in [7, 11) is 0. The maximum absolute atomic E-state index is 5.14. The van der Waals surface area contributed by atoms with E-state index in [2.05, 4.69) is 146 Å². The average Bonchev–Trinajstić information content (AvgIpc) is 3.06. The van der Waals surface area contributed by atoms with Gasteiger partial charge in [0.15, 0.2) is 0 Å². The Labute approximate surface area is 242 Å². The third kappa shape index (κ3) is 3.39. The van der Waals surface area contributed by atoms with Crippen LogP contribution in [0.3, 0.4) is 0 Å². The Morgan fingerprint density at radius 2 is 0.667 bits per heavy atom. The number of pyridine rings is 2. The first-order valence-corrected chi connectivity index (χ1v) is 14.3. The van der Waals surface area contributed by atoms with E-state index in [1.54, 1.807) is 0 Å². The van der Waals surface area contributed by atoms with Crippen molar-refractivity contribution in [1.29, 1.82) is 0 Å². The molecule has 0 radical (unpaired) electrons. The van der Waals surface area contributed by atoms with E-state index in [9.17, 15) is 0 Å². The highest BCUT2D eigenvalue weighted by Crippen LogP contribution is 2.41. The van der Waals surface area contributed by atoms with Crippen molar-refractivity contribution in [3.8, 4) is 22.3 Å². The molecule has 0 aliphatic heterocycles. The molecule has 194 valence electrons. The normalized spacial score (nSPS) is 11.8. The van der Waals surface area contributed by atoms with Gasteiger partial charge in [0.2, 0.25) is 0 Å². The molecule has 0 bridgehead atoms. The van der Waals surface area contributed by atoms with Crippen molar-refractivity contribution in [3.63, 3.8) is 0 Å². The van der Waals surface area contributed by atoms with Crippen LogP contribution in [0, 0.1) is 0 Å². The van der Waals surface area contributed by atoms with Crippen molar-refractivity contribution in [3.05, 3.63) is 146 Å². The molecule has 0 amide bonds. The molecule has 0 saturated heterocycles. The first kappa shape index (κ1) is 23.1. The molecule has 2 heterocycles. The summed E-state index contributed by atoms with van der Waals surface area (Å²) in [6.45, 7) is 0. The Morgan fingerprint density at radius 3 is 1.12 bits per heavy atom. The number of hydrogen-bond acceptors (Lipinski definition) is 2. The molecule has 0 spiro atoms. The molecule has 2 aromatic heterocycles. The Morgan fingerprint density at radius 1 is 0.286 bits per heavy atom. The molecule has 0 aliphatic rings. The molecule has 2 nitrogen and oxygen atoms in total. The Hall–Kier alpha value is -5.60. The summed E-state index contributed by atoms with van der Waals surface area (Å²) in [4.78, 5) is 10.3. The SMILES string of the molecule is c1ccc2c(c1)ccc1c(-c3ccc(-c4c5ccccc5nc5c4ccc4ccccc45)cc3)c3ccccc3nc12. The van der Waals surface area contributed by atoms with Crippen molar-refractivity contribution < 1.29 is 0 Å². The van der Waals surface area contributed by atoms with E-state index in [1.165, 1.54) is 65.3 Å². The van der Waals surface area contributed by atoms with Crippen LogP contribution in [-0.2, 0) is 0 Å². The smallest absolute Gasteiger partial charge is 0.0794 e. The van der Waals surface area contributed by atoms with Gasteiger partial charge in [-0.05, 0) is 34.0 Å². The molecule has 0 saturated carbocycles. The van der Waals surface area contributed by atoms with Gasteiger partial charge < -0.3 is 0 Å². The molecule has 0 aliphatic carbocycles. The van der Waals surface area contributed by atoms with E-state index in [-0.39, 0.29) is 0 Å². The highest BCUT2D eigenvalue weighted by atomic mass is 14.7. The van der Waals surface area contributed by atoms with Crippen molar-refractivity contribution in [2.45, 2.75) is 0 Å². The lowest BCUT2D eigenvalue weighted by Gasteiger charge is -2.15. The van der Waals surface area contributed by atoms with Crippen LogP contribution in [0.4, 0.5) is 0 Å². The molecular weight excluding hydrogens is 508 g/mol. The molecule has 9 aromatic rings. The van der Waals surface area contributed by atoms with Gasteiger partial charge in [-0.2, -0.15) is 0 Å². The largest absolute Gasteiger partial charge is 0.247 e. The summed E-state index contributed by atoms with van der Waals surface area (Å²) in [5.74, 6) is 0. The second-order valence-corrected chi connectivity index (χ2v) is 11.0. The van der Waals surface area contributed by atoms with Crippen LogP contribution < -0.4 is 0 Å². The molecular formula is C40H24N2. The zero-order chi connectivity index (χ0) is 27.6. The van der Waals surface area contributed by atoms with Crippen LogP contribution in [0.25, 0.3) is 87.4 Å². The maximum Gasteiger partial charge on any atom is 0.0794 e. The second-order valence-electron chi connectivity index (χ2n) is 11.0. The minimum atomic E-state index is 1.01. The monoisotopic (exact) mass is 532 g/mol. The Balaban J connectivity index is 1.31. The van der Waals surface area contributed by atoms with Crippen LogP contribution in [0.2, 0.25) is 0 Å². The lowest BCUT2D eigenvalue weighted by atomic mass is 9.91. The predicted molar refractivity (Wildman–Crippen MR) is 178 cm³/mol. The lowest BCUT2D eigenvalue weighted by molar-refractivity contribution is 1.50. The van der Waals surface area contributed by atoms with Gasteiger partial charge in [-0.15, -0.1) is 0 Å². The zero-order valence-electron chi connectivity index (χ0n) is 22.8. The molecule has 0 atom stereocenters. The molecule has 0 N–H and O–H groups in total. The summed E-state index contributed by atoms with van der Waals surface area (Å²) in [6.07, 6.45) is 0. The number of rotatable bonds is 2. The van der Waals surface area contributed by atoms with E-state index in [0.29, 0.717) is 0 Å². The number of para-hydroxylation sites is 2. The molecule has 9 rings (SSSR count). The van der Waals surface area contributed by atoms with Crippen LogP contribution in [0.15, 0.2) is 146 Å². The van der Waals surface area contributed by atoms with Gasteiger partial charge in [0.1, 0.15) is 0 Å². The lowest BCUT2D eigenvalue weighted by Crippen LogP contribution is -1.92. The summed E-state index contributed by atoms with van der Waals surface area (Å²) in [5, 5.41) is 9.45. The molecule has 7 aromatic carbocycles. The highest BCUT2D eigenvalue weighted by molar-refractivity contribution is 6.18. The topological polar surface area (TPSA) is 25.8 Å². The van der Waals surface area contributed by atoms with Crippen molar-refractivity contribution in [2.24, 2.45) is 0 Å². The first-order valence-electron chi connectivity index (χ1n) is 14.3. The summed E-state index contributed by atoms with van der Waals surface area (Å²) in [6, 6.07) is 52.0. The Bertz CT molecular complexity index is 2330. The zero-order valence-corrected chi connectivity index (χ0v) is 22.8. The van der Waals surface area contributed by atoms with E-state index >= 15 is 0 Å². The summed E-state index contributed by atoms with van der Waals surface area (Å²) in [5.41, 5.74) is 8.94. The predicted octanol–water partition coefficient (Wildman–Crippen LogP) is 10.7. The van der Waals surface area contributed by atoms with Crippen LogP contribution in [-0.4, -0.2) is 9.97 Å². The van der Waals surface area contributed by atoms with Crippen molar-refractivity contribution in [1.82, 2.24) is 9.97 Å². The fraction of sp³-hybridized carbons (Fsp3) is 0. The number of aromatic nitrogens is 2. The van der Waals surface area contributed by atoms with Gasteiger partial charge in [0.25, 0.3) is 0 Å². The van der Waals surface area contributed by atoms with E-state index in [1.807, 2.05) is 0 Å². The van der Waals surface area contributed by atoms with Gasteiger partial charge in [0.05, 0.1) is 22.1 Å². The molecule has 0 fully saturated rings. The van der Waals surface area contributed by atoms with Gasteiger partial charge >= 0.3 is 0 Å². The van der Waals surface area contributed by atoms with E-state index < -0.39 is 0 Å². The second kappa shape index (κ2) is 8.95. The van der Waals surface area contributed by atoms with E-state index in [0.717, 1.165) is 22.1 Å². The fourth-order valence-corrected chi connectivity index (χ4v) is 6.68. The Kier molecular flexibility index (Phi) is 4.93. The standard InChI is InChI=1S/C40H24N2/c1-3-11-29-25(9-1)21-23-33-37(31-13-5-7-15-35(31)41-39(29)33)27-17-19-28(20-18-27)38-32-14-6-8-16-36(32)42-40-30-12-4-2-10-26(30)22-24-34(38)40/h1-24H. The summed E-state index contributed by atoms with van der Waals surface area (Å²) >= 11 is 0. The third-order valence-electron chi connectivity index (χ3n) is 8.61. The number of fused-ring (bicyclic) bond motifs is 8. The number of hydrogen-bond donors (Lipinski definition) is 0. The van der Waals surface area contributed by atoms with Gasteiger partial charge in [0, 0.05) is 43.4 Å². The maximum atomic E-state index is 5.14. The quantitative estimate of drug-likeness (QED) is 0.163. The van der Waals surface area contributed by atoms with Crippen LogP contribution in [0.1, 0.15) is 0 Å². The minimum absolute atomic E-state index is 1.01. The third-order valence-corrected chi connectivity index (χ3v) is 8.61. The number of nitrogens with zero attached hydrogens (tertiary/aromatic N) is 2. The fourth-order valence-electron chi connectivity index (χ4n) is 6.68. The van der Waals surface area contributed by atoms with Gasteiger partial charge in [-0.1, -0.05) is 133 Å². The first-order chi connectivity index (χ1) is 20.8.